The highest BCUT2D eigenvalue weighted by molar-refractivity contribution is 5.83. The molecule has 1 atom stereocenters. The zero-order valence-corrected chi connectivity index (χ0v) is 12.7. The minimum absolute atomic E-state index is 0.126. The molecule has 0 fully saturated rings. The van der Waals surface area contributed by atoms with Gasteiger partial charge in [0, 0.05) is 18.7 Å². The van der Waals surface area contributed by atoms with E-state index in [1.165, 1.54) is 21.3 Å². The van der Waals surface area contributed by atoms with Crippen molar-refractivity contribution in [1.29, 1.82) is 0 Å². The lowest BCUT2D eigenvalue weighted by Crippen LogP contribution is -2.39. The monoisotopic (exact) mass is 312 g/mol. The van der Waals surface area contributed by atoms with Crippen LogP contribution in [-0.4, -0.2) is 44.4 Å². The number of ether oxygens (including phenoxy) is 3. The Balaban J connectivity index is 3.00. The van der Waals surface area contributed by atoms with Crippen LogP contribution in [0.25, 0.3) is 0 Å². The molecule has 0 unspecified atom stereocenters. The SMILES string of the molecule is COc1cc(OC)c(CN[C@@H](CC(N)=O)C(=O)O)c(OC)c1. The maximum Gasteiger partial charge on any atom is 0.321 e. The van der Waals surface area contributed by atoms with Crippen molar-refractivity contribution in [2.45, 2.75) is 19.0 Å². The fraction of sp³-hybridized carbons (Fsp3) is 0.429. The molecule has 0 bridgehead atoms. The summed E-state index contributed by atoms with van der Waals surface area (Å²) in [7, 11) is 4.48. The summed E-state index contributed by atoms with van der Waals surface area (Å²) in [6.45, 7) is 0.126. The quantitative estimate of drug-likeness (QED) is 0.592. The summed E-state index contributed by atoms with van der Waals surface area (Å²) >= 11 is 0. The molecule has 1 aromatic carbocycles. The molecule has 0 saturated carbocycles. The molecule has 0 aliphatic heterocycles. The molecular formula is C14H20N2O6. The van der Waals surface area contributed by atoms with Gasteiger partial charge in [-0.25, -0.2) is 0 Å². The van der Waals surface area contributed by atoms with E-state index in [0.29, 0.717) is 22.8 Å². The predicted octanol–water partition coefficient (Wildman–Crippen LogP) is 0.131. The van der Waals surface area contributed by atoms with Gasteiger partial charge in [-0.2, -0.15) is 0 Å². The highest BCUT2D eigenvalue weighted by Crippen LogP contribution is 2.33. The van der Waals surface area contributed by atoms with Crippen molar-refractivity contribution >= 4 is 11.9 Å². The number of amides is 1. The Morgan fingerprint density at radius 3 is 2.09 bits per heavy atom. The van der Waals surface area contributed by atoms with Crippen LogP contribution < -0.4 is 25.3 Å². The van der Waals surface area contributed by atoms with Crippen LogP contribution in [0.4, 0.5) is 0 Å². The molecule has 0 radical (unpaired) electrons. The molecule has 1 amide bonds. The number of nitrogens with two attached hydrogens (primary N) is 1. The highest BCUT2D eigenvalue weighted by Gasteiger charge is 2.21. The maximum atomic E-state index is 11.1. The average molecular weight is 312 g/mol. The lowest BCUT2D eigenvalue weighted by Gasteiger charge is -2.18. The standard InChI is InChI=1S/C14H20N2O6/c1-20-8-4-11(21-2)9(12(5-8)22-3)7-16-10(14(18)19)6-13(15)17/h4-5,10,16H,6-7H2,1-3H3,(H2,15,17)(H,18,19)/t10-/m0/s1. The number of carboxylic acid groups (broad SMARTS) is 1. The van der Waals surface area contributed by atoms with Gasteiger partial charge in [-0.3, -0.25) is 14.9 Å². The summed E-state index contributed by atoms with van der Waals surface area (Å²) < 4.78 is 15.7. The lowest BCUT2D eigenvalue weighted by atomic mass is 10.1. The molecule has 8 heteroatoms. The minimum Gasteiger partial charge on any atom is -0.496 e. The van der Waals surface area contributed by atoms with Crippen LogP contribution in [-0.2, 0) is 16.1 Å². The van der Waals surface area contributed by atoms with Crippen molar-refractivity contribution in [2.24, 2.45) is 5.73 Å². The Labute approximate surface area is 128 Å². The third-order valence-electron chi connectivity index (χ3n) is 3.05. The van der Waals surface area contributed by atoms with Gasteiger partial charge in [0.15, 0.2) is 0 Å². The van der Waals surface area contributed by atoms with Crippen molar-refractivity contribution in [3.63, 3.8) is 0 Å². The van der Waals surface area contributed by atoms with E-state index in [2.05, 4.69) is 5.32 Å². The number of nitrogens with one attached hydrogen (secondary N) is 1. The van der Waals surface area contributed by atoms with Gasteiger partial charge in [-0.1, -0.05) is 0 Å². The van der Waals surface area contributed by atoms with Gasteiger partial charge in [-0.15, -0.1) is 0 Å². The number of aliphatic carboxylic acids is 1. The summed E-state index contributed by atoms with van der Waals surface area (Å²) in [4.78, 5) is 22.0. The second-order valence-electron chi connectivity index (χ2n) is 4.45. The van der Waals surface area contributed by atoms with Gasteiger partial charge in [0.2, 0.25) is 5.91 Å². The van der Waals surface area contributed by atoms with Crippen molar-refractivity contribution in [3.8, 4) is 17.2 Å². The first kappa shape index (κ1) is 17.6. The Bertz CT molecular complexity index is 521. The largest absolute Gasteiger partial charge is 0.496 e. The van der Waals surface area contributed by atoms with Gasteiger partial charge in [-0.05, 0) is 0 Å². The van der Waals surface area contributed by atoms with E-state index in [1.807, 2.05) is 0 Å². The lowest BCUT2D eigenvalue weighted by molar-refractivity contribution is -0.141. The Morgan fingerprint density at radius 2 is 1.73 bits per heavy atom. The zero-order valence-electron chi connectivity index (χ0n) is 12.7. The molecule has 8 nitrogen and oxygen atoms in total. The van der Waals surface area contributed by atoms with Crippen LogP contribution in [0.2, 0.25) is 0 Å². The Hall–Kier alpha value is -2.48. The topological polar surface area (TPSA) is 120 Å². The summed E-state index contributed by atoms with van der Waals surface area (Å²) in [6.07, 6.45) is -0.309. The molecule has 1 aromatic rings. The first-order valence-electron chi connectivity index (χ1n) is 6.46. The Kier molecular flexibility index (Phi) is 6.46. The summed E-state index contributed by atoms with van der Waals surface area (Å²) in [5.74, 6) is -0.359. The fourth-order valence-electron chi connectivity index (χ4n) is 1.93. The van der Waals surface area contributed by atoms with Crippen LogP contribution in [0.15, 0.2) is 12.1 Å². The van der Waals surface area contributed by atoms with Crippen molar-refractivity contribution < 1.29 is 28.9 Å². The molecule has 4 N–H and O–H groups in total. The first-order valence-corrected chi connectivity index (χ1v) is 6.46. The number of carbonyl (C=O) groups is 2. The summed E-state index contributed by atoms with van der Waals surface area (Å²) in [5, 5.41) is 11.8. The molecule has 0 saturated heterocycles. The smallest absolute Gasteiger partial charge is 0.321 e. The van der Waals surface area contributed by atoms with E-state index in [-0.39, 0.29) is 13.0 Å². The second-order valence-corrected chi connectivity index (χ2v) is 4.45. The number of benzene rings is 1. The van der Waals surface area contributed by atoms with E-state index in [1.54, 1.807) is 12.1 Å². The number of hydrogen-bond donors (Lipinski definition) is 3. The van der Waals surface area contributed by atoms with Gasteiger partial charge in [0.05, 0.1) is 33.3 Å². The number of carboxylic acids is 1. The first-order chi connectivity index (χ1) is 10.4. The fourth-order valence-corrected chi connectivity index (χ4v) is 1.93. The van der Waals surface area contributed by atoms with Crippen molar-refractivity contribution in [2.75, 3.05) is 21.3 Å². The van der Waals surface area contributed by atoms with E-state index >= 15 is 0 Å². The van der Waals surface area contributed by atoms with Gasteiger partial charge in [0.1, 0.15) is 23.3 Å². The van der Waals surface area contributed by atoms with E-state index < -0.39 is 17.9 Å². The highest BCUT2D eigenvalue weighted by atomic mass is 16.5. The summed E-state index contributed by atoms with van der Waals surface area (Å²) in [6, 6.07) is 2.22. The van der Waals surface area contributed by atoms with Crippen LogP contribution >= 0.6 is 0 Å². The molecular weight excluding hydrogens is 292 g/mol. The normalized spacial score (nSPS) is 11.6. The zero-order chi connectivity index (χ0) is 16.7. The Morgan fingerprint density at radius 1 is 1.18 bits per heavy atom. The van der Waals surface area contributed by atoms with Gasteiger partial charge < -0.3 is 25.1 Å². The predicted molar refractivity (Wildman–Crippen MR) is 78.2 cm³/mol. The third-order valence-corrected chi connectivity index (χ3v) is 3.05. The van der Waals surface area contributed by atoms with E-state index in [9.17, 15) is 9.59 Å². The third kappa shape index (κ3) is 4.52. The molecule has 0 spiro atoms. The average Bonchev–Trinajstić information content (AvgIpc) is 2.49. The van der Waals surface area contributed by atoms with E-state index in [4.69, 9.17) is 25.1 Å². The van der Waals surface area contributed by atoms with Crippen LogP contribution in [0.5, 0.6) is 17.2 Å². The van der Waals surface area contributed by atoms with Crippen molar-refractivity contribution in [3.05, 3.63) is 17.7 Å². The van der Waals surface area contributed by atoms with Gasteiger partial charge in [0.25, 0.3) is 0 Å². The van der Waals surface area contributed by atoms with Crippen LogP contribution in [0.3, 0.4) is 0 Å². The molecule has 122 valence electrons. The number of hydrogen-bond acceptors (Lipinski definition) is 6. The van der Waals surface area contributed by atoms with Crippen LogP contribution in [0, 0.1) is 0 Å². The minimum atomic E-state index is -1.16. The van der Waals surface area contributed by atoms with Crippen molar-refractivity contribution in [1.82, 2.24) is 5.32 Å². The maximum absolute atomic E-state index is 11.1. The molecule has 0 aliphatic carbocycles. The van der Waals surface area contributed by atoms with Gasteiger partial charge >= 0.3 is 5.97 Å². The molecule has 0 aromatic heterocycles. The number of carbonyl (C=O) groups excluding carboxylic acids is 1. The summed E-state index contributed by atoms with van der Waals surface area (Å²) in [5.41, 5.74) is 5.65. The number of primary amides is 1. The molecule has 22 heavy (non-hydrogen) atoms. The number of methoxy groups -OCH3 is 3. The van der Waals surface area contributed by atoms with E-state index in [0.717, 1.165) is 0 Å². The second kappa shape index (κ2) is 8.08. The molecule has 0 aliphatic rings. The molecule has 0 heterocycles. The molecule has 1 rings (SSSR count). The van der Waals surface area contributed by atoms with Crippen LogP contribution in [0.1, 0.15) is 12.0 Å². The number of rotatable bonds is 9.